The number of rotatable bonds is 5. The zero-order chi connectivity index (χ0) is 19.6. The standard InChI is InChI=1S/C16H12F3N5O3/c1-24-7-11(21-8-24)14(26)20-6-12(25)9-2-4-10(5-3-9)13-22-15(27-23-13)16(17,18)19/h2-5,7-8H,6H2,1H3,(H,20,26). The number of imidazole rings is 1. The predicted molar refractivity (Wildman–Crippen MR) is 84.6 cm³/mol. The first-order chi connectivity index (χ1) is 12.7. The van der Waals surface area contributed by atoms with Crippen LogP contribution in [0, 0.1) is 0 Å². The number of hydrogen-bond donors (Lipinski definition) is 1. The summed E-state index contributed by atoms with van der Waals surface area (Å²) >= 11 is 0. The highest BCUT2D eigenvalue weighted by Crippen LogP contribution is 2.29. The molecule has 0 bridgehead atoms. The van der Waals surface area contributed by atoms with Crippen LogP contribution in [-0.2, 0) is 13.2 Å². The number of nitrogens with zero attached hydrogens (tertiary/aromatic N) is 4. The summed E-state index contributed by atoms with van der Waals surface area (Å²) in [6.07, 6.45) is -1.76. The lowest BCUT2D eigenvalue weighted by Crippen LogP contribution is -2.29. The first-order valence-corrected chi connectivity index (χ1v) is 7.55. The lowest BCUT2D eigenvalue weighted by Gasteiger charge is -2.03. The number of hydrogen-bond acceptors (Lipinski definition) is 6. The Morgan fingerprint density at radius 1 is 1.22 bits per heavy atom. The first kappa shape index (κ1) is 18.3. The van der Waals surface area contributed by atoms with E-state index in [0.717, 1.165) is 0 Å². The fourth-order valence-electron chi connectivity index (χ4n) is 2.14. The van der Waals surface area contributed by atoms with Crippen LogP contribution in [0.2, 0.25) is 0 Å². The van der Waals surface area contributed by atoms with Crippen molar-refractivity contribution in [3.63, 3.8) is 0 Å². The predicted octanol–water partition coefficient (Wildman–Crippen LogP) is 2.10. The fourth-order valence-corrected chi connectivity index (χ4v) is 2.14. The summed E-state index contributed by atoms with van der Waals surface area (Å²) in [4.78, 5) is 31.1. The SMILES string of the molecule is Cn1cnc(C(=O)NCC(=O)c2ccc(-c3noc(C(F)(F)F)n3)cc2)c1. The average Bonchev–Trinajstić information content (AvgIpc) is 3.28. The molecule has 3 aromatic rings. The number of aromatic nitrogens is 4. The molecule has 8 nitrogen and oxygen atoms in total. The average molecular weight is 379 g/mol. The van der Waals surface area contributed by atoms with E-state index < -0.39 is 18.0 Å². The molecule has 1 N–H and O–H groups in total. The molecule has 1 amide bonds. The van der Waals surface area contributed by atoms with Crippen LogP contribution in [0.5, 0.6) is 0 Å². The Kier molecular flexibility index (Phi) is 4.75. The summed E-state index contributed by atoms with van der Waals surface area (Å²) < 4.78 is 43.2. The quantitative estimate of drug-likeness (QED) is 0.681. The van der Waals surface area contributed by atoms with Crippen molar-refractivity contribution in [2.24, 2.45) is 7.05 Å². The molecule has 2 aromatic heterocycles. The zero-order valence-corrected chi connectivity index (χ0v) is 13.8. The van der Waals surface area contributed by atoms with E-state index in [9.17, 15) is 22.8 Å². The topological polar surface area (TPSA) is 103 Å². The van der Waals surface area contributed by atoms with Gasteiger partial charge in [-0.05, 0) is 0 Å². The van der Waals surface area contributed by atoms with Crippen molar-refractivity contribution < 1.29 is 27.3 Å². The first-order valence-electron chi connectivity index (χ1n) is 7.55. The van der Waals surface area contributed by atoms with Crippen molar-refractivity contribution in [1.82, 2.24) is 25.0 Å². The van der Waals surface area contributed by atoms with Crippen LogP contribution in [0.3, 0.4) is 0 Å². The molecule has 0 saturated heterocycles. The third kappa shape index (κ3) is 4.19. The van der Waals surface area contributed by atoms with E-state index >= 15 is 0 Å². The lowest BCUT2D eigenvalue weighted by atomic mass is 10.1. The van der Waals surface area contributed by atoms with Gasteiger partial charge >= 0.3 is 12.1 Å². The van der Waals surface area contributed by atoms with E-state index in [1.165, 1.54) is 36.8 Å². The molecule has 0 spiro atoms. The third-order valence-corrected chi connectivity index (χ3v) is 3.48. The van der Waals surface area contributed by atoms with Gasteiger partial charge < -0.3 is 14.4 Å². The van der Waals surface area contributed by atoms with Crippen molar-refractivity contribution in [1.29, 1.82) is 0 Å². The maximum absolute atomic E-state index is 12.5. The summed E-state index contributed by atoms with van der Waals surface area (Å²) in [6, 6.07) is 5.57. The van der Waals surface area contributed by atoms with Crippen LogP contribution in [0.1, 0.15) is 26.7 Å². The van der Waals surface area contributed by atoms with Gasteiger partial charge in [0.15, 0.2) is 5.78 Å². The van der Waals surface area contributed by atoms with Gasteiger partial charge in [0.1, 0.15) is 5.69 Å². The molecule has 2 heterocycles. The second kappa shape index (κ2) is 7.02. The van der Waals surface area contributed by atoms with Crippen molar-refractivity contribution in [2.45, 2.75) is 6.18 Å². The Labute approximate surface area is 150 Å². The highest BCUT2D eigenvalue weighted by molar-refractivity contribution is 6.01. The van der Waals surface area contributed by atoms with Crippen molar-refractivity contribution in [3.05, 3.63) is 53.9 Å². The second-order valence-corrected chi connectivity index (χ2v) is 5.53. The molecule has 0 saturated carbocycles. The van der Waals surface area contributed by atoms with E-state index in [4.69, 9.17) is 0 Å². The minimum atomic E-state index is -4.73. The van der Waals surface area contributed by atoms with Crippen LogP contribution in [0.4, 0.5) is 13.2 Å². The van der Waals surface area contributed by atoms with Gasteiger partial charge in [-0.1, -0.05) is 29.4 Å². The number of nitrogens with one attached hydrogen (secondary N) is 1. The van der Waals surface area contributed by atoms with E-state index in [-0.39, 0.29) is 35.0 Å². The van der Waals surface area contributed by atoms with Crippen molar-refractivity contribution in [2.75, 3.05) is 6.54 Å². The molecule has 3 rings (SSSR count). The smallest absolute Gasteiger partial charge is 0.343 e. The van der Waals surface area contributed by atoms with Gasteiger partial charge in [-0.2, -0.15) is 18.2 Å². The number of halogens is 3. The molecule has 0 aliphatic heterocycles. The number of amides is 1. The summed E-state index contributed by atoms with van der Waals surface area (Å²) in [6.45, 7) is -0.255. The van der Waals surface area contributed by atoms with Crippen LogP contribution < -0.4 is 5.32 Å². The Bertz CT molecular complexity index is 976. The van der Waals surface area contributed by atoms with E-state index in [1.807, 2.05) is 0 Å². The maximum Gasteiger partial charge on any atom is 0.471 e. The van der Waals surface area contributed by atoms with E-state index in [1.54, 1.807) is 11.6 Å². The monoisotopic (exact) mass is 379 g/mol. The normalized spacial score (nSPS) is 11.4. The molecule has 0 aliphatic carbocycles. The van der Waals surface area contributed by atoms with Gasteiger partial charge in [-0.25, -0.2) is 4.98 Å². The molecular weight excluding hydrogens is 367 g/mol. The number of carbonyl (C=O) groups is 2. The largest absolute Gasteiger partial charge is 0.471 e. The number of benzene rings is 1. The maximum atomic E-state index is 12.5. The molecule has 0 aliphatic rings. The zero-order valence-electron chi connectivity index (χ0n) is 13.8. The summed E-state index contributed by atoms with van der Waals surface area (Å²) in [5.74, 6) is -2.57. The molecular formula is C16H12F3N5O3. The van der Waals surface area contributed by atoms with Crippen LogP contribution >= 0.6 is 0 Å². The van der Waals surface area contributed by atoms with Crippen molar-refractivity contribution >= 4 is 11.7 Å². The molecule has 27 heavy (non-hydrogen) atoms. The Morgan fingerprint density at radius 2 is 1.93 bits per heavy atom. The van der Waals surface area contributed by atoms with Gasteiger partial charge in [0.25, 0.3) is 5.91 Å². The number of alkyl halides is 3. The fraction of sp³-hybridized carbons (Fsp3) is 0.188. The molecule has 0 fully saturated rings. The van der Waals surface area contributed by atoms with Gasteiger partial charge in [0.05, 0.1) is 12.9 Å². The Balaban J connectivity index is 1.63. The third-order valence-electron chi connectivity index (χ3n) is 3.48. The lowest BCUT2D eigenvalue weighted by molar-refractivity contribution is -0.159. The molecule has 11 heteroatoms. The van der Waals surface area contributed by atoms with Gasteiger partial charge in [-0.15, -0.1) is 0 Å². The second-order valence-electron chi connectivity index (χ2n) is 5.53. The van der Waals surface area contributed by atoms with E-state index in [0.29, 0.717) is 0 Å². The van der Waals surface area contributed by atoms with Crippen LogP contribution in [0.25, 0.3) is 11.4 Å². The minimum Gasteiger partial charge on any atom is -0.343 e. The van der Waals surface area contributed by atoms with Crippen LogP contribution in [0.15, 0.2) is 41.3 Å². The van der Waals surface area contributed by atoms with Gasteiger partial charge in [0.2, 0.25) is 5.82 Å². The molecule has 0 unspecified atom stereocenters. The molecule has 1 aromatic carbocycles. The Hall–Kier alpha value is -3.50. The van der Waals surface area contributed by atoms with Crippen molar-refractivity contribution in [3.8, 4) is 11.4 Å². The molecule has 0 atom stereocenters. The number of Topliss-reactive ketones (excluding diaryl/α,β-unsaturated/α-hetero) is 1. The number of carbonyl (C=O) groups excluding carboxylic acids is 2. The summed E-state index contributed by atoms with van der Waals surface area (Å²) in [5.41, 5.74) is 0.696. The Morgan fingerprint density at radius 3 is 2.48 bits per heavy atom. The van der Waals surface area contributed by atoms with Gasteiger partial charge in [0, 0.05) is 24.4 Å². The minimum absolute atomic E-state index is 0.179. The van der Waals surface area contributed by atoms with Gasteiger partial charge in [-0.3, -0.25) is 9.59 Å². The molecule has 140 valence electrons. The molecule has 0 radical (unpaired) electrons. The number of aryl methyl sites for hydroxylation is 1. The number of ketones is 1. The van der Waals surface area contributed by atoms with E-state index in [2.05, 4.69) is 25.0 Å². The van der Waals surface area contributed by atoms with Crippen LogP contribution in [-0.4, -0.2) is 37.9 Å². The summed E-state index contributed by atoms with van der Waals surface area (Å²) in [5, 5.41) is 5.71. The highest BCUT2D eigenvalue weighted by Gasteiger charge is 2.38. The summed E-state index contributed by atoms with van der Waals surface area (Å²) in [7, 11) is 1.71. The highest BCUT2D eigenvalue weighted by atomic mass is 19.4.